The highest BCUT2D eigenvalue weighted by molar-refractivity contribution is 7.94. The van der Waals surface area contributed by atoms with Gasteiger partial charge < -0.3 is 0 Å². The van der Waals surface area contributed by atoms with Gasteiger partial charge in [0.2, 0.25) is 0 Å². The highest BCUT2D eigenvalue weighted by Crippen LogP contribution is 2.30. The number of rotatable bonds is 4. The van der Waals surface area contributed by atoms with Crippen LogP contribution < -0.4 is 10.6 Å². The minimum atomic E-state index is -3.84. The first-order chi connectivity index (χ1) is 10.1. The third-order valence-corrected chi connectivity index (χ3v) is 4.71. The van der Waals surface area contributed by atoms with E-state index in [9.17, 15) is 8.76 Å². The summed E-state index contributed by atoms with van der Waals surface area (Å²) in [6, 6.07) is 14.8. The Balaban J connectivity index is 1.88. The van der Waals surface area contributed by atoms with Gasteiger partial charge in [-0.3, -0.25) is 0 Å². The number of hydrogen-bond donors (Lipinski definition) is 2. The molecule has 0 saturated heterocycles. The lowest BCUT2D eigenvalue weighted by molar-refractivity contribution is -0.637. The lowest BCUT2D eigenvalue weighted by Crippen LogP contribution is -2.54. The van der Waals surface area contributed by atoms with E-state index in [4.69, 9.17) is 0 Å². The predicted molar refractivity (Wildman–Crippen MR) is 81.4 cm³/mol. The van der Waals surface area contributed by atoms with Crippen LogP contribution >= 0.6 is 11.3 Å². The van der Waals surface area contributed by atoms with Gasteiger partial charge in [0, 0.05) is 9.77 Å². The monoisotopic (exact) mass is 322 g/mol. The molecule has 0 amide bonds. The molecule has 3 aromatic rings. The number of nitrogens with zero attached hydrogens (tertiary/aromatic N) is 1. The van der Waals surface area contributed by atoms with Crippen molar-refractivity contribution in [2.45, 2.75) is 0 Å². The summed E-state index contributed by atoms with van der Waals surface area (Å²) in [4.78, 5) is 4.55. The molecule has 0 aliphatic rings. The molecule has 0 fully saturated rings. The van der Waals surface area contributed by atoms with Crippen LogP contribution in [-0.2, 0) is 23.7 Å². The van der Waals surface area contributed by atoms with E-state index in [2.05, 4.69) is 19.9 Å². The maximum Gasteiger partial charge on any atom is 0.550 e. The molecule has 1 aromatic heterocycles. The van der Waals surface area contributed by atoms with Crippen LogP contribution in [0, 0.1) is 0 Å². The largest absolute Gasteiger partial charge is 0.550 e. The van der Waals surface area contributed by atoms with Crippen LogP contribution in [-0.4, -0.2) is 4.98 Å². The summed E-state index contributed by atoms with van der Waals surface area (Å²) in [6.45, 7) is 0. The molecule has 0 spiro atoms. The first kappa shape index (κ1) is 14.1. The molecule has 6 nitrogen and oxygen atoms in total. The molecule has 3 rings (SSSR count). The second kappa shape index (κ2) is 5.51. The molecule has 1 unspecified atom stereocenters. The summed E-state index contributed by atoms with van der Waals surface area (Å²) < 4.78 is 29.9. The van der Waals surface area contributed by atoms with Gasteiger partial charge in [-0.2, -0.15) is 5.90 Å². The Morgan fingerprint density at radius 1 is 1.14 bits per heavy atom. The number of para-hydroxylation sites is 1. The first-order valence-corrected chi connectivity index (χ1v) is 8.22. The molecule has 0 bridgehead atoms. The normalized spacial score (nSPS) is 14.0. The fraction of sp³-hybridized carbons (Fsp3) is 0. The molecule has 0 aliphatic heterocycles. The van der Waals surface area contributed by atoms with E-state index in [-0.39, 0.29) is 0 Å². The molecule has 2 aromatic carbocycles. The fourth-order valence-corrected chi connectivity index (χ4v) is 3.31. The predicted octanol–water partition coefficient (Wildman–Crippen LogP) is 2.22. The van der Waals surface area contributed by atoms with E-state index in [1.165, 1.54) is 0 Å². The zero-order valence-electron chi connectivity index (χ0n) is 10.8. The molecular formula is C13H12N3O3S2+2. The third-order valence-electron chi connectivity index (χ3n) is 2.82. The molecule has 107 valence electrons. The van der Waals surface area contributed by atoms with E-state index < -0.39 is 10.7 Å². The SMILES string of the molecule is [NH3+]O[S+]([O])(=O)Nc1ccc(-c2nc3ccccc3s2)cc1. The van der Waals surface area contributed by atoms with Crippen LogP contribution in [0.3, 0.4) is 0 Å². The molecule has 1 heterocycles. The number of nitrogens with one attached hydrogen (secondary N) is 1. The van der Waals surface area contributed by atoms with Crippen LogP contribution in [0.2, 0.25) is 0 Å². The summed E-state index contributed by atoms with van der Waals surface area (Å²) in [7, 11) is -3.84. The maximum atomic E-state index is 11.2. The molecular weight excluding hydrogens is 310 g/mol. The van der Waals surface area contributed by atoms with Gasteiger partial charge in [0.1, 0.15) is 9.56 Å². The topological polar surface area (TPSA) is 98.8 Å². The van der Waals surface area contributed by atoms with Crippen LogP contribution in [0.1, 0.15) is 0 Å². The van der Waals surface area contributed by atoms with E-state index >= 15 is 0 Å². The van der Waals surface area contributed by atoms with Crippen molar-refractivity contribution >= 4 is 37.9 Å². The highest BCUT2D eigenvalue weighted by Gasteiger charge is 2.32. The summed E-state index contributed by atoms with van der Waals surface area (Å²) in [5.74, 6) is 2.88. The van der Waals surface area contributed by atoms with Crippen molar-refractivity contribution in [3.63, 3.8) is 0 Å². The lowest BCUT2D eigenvalue weighted by Gasteiger charge is -2.00. The number of benzene rings is 2. The number of aromatic nitrogens is 1. The summed E-state index contributed by atoms with van der Waals surface area (Å²) in [5, 5.41) is 0.888. The van der Waals surface area contributed by atoms with E-state index in [0.717, 1.165) is 20.8 Å². The number of thiazole rings is 1. The van der Waals surface area contributed by atoms with Gasteiger partial charge in [-0.1, -0.05) is 12.1 Å². The molecule has 0 saturated carbocycles. The van der Waals surface area contributed by atoms with E-state index in [1.54, 1.807) is 35.6 Å². The Morgan fingerprint density at radius 3 is 2.52 bits per heavy atom. The third kappa shape index (κ3) is 3.09. The summed E-state index contributed by atoms with van der Waals surface area (Å²) in [5.41, 5.74) is 2.28. The van der Waals surface area contributed by atoms with Crippen LogP contribution in [0.5, 0.6) is 0 Å². The van der Waals surface area contributed by atoms with Crippen molar-refractivity contribution in [1.29, 1.82) is 0 Å². The van der Waals surface area contributed by atoms with Crippen molar-refractivity contribution in [2.24, 2.45) is 0 Å². The maximum absolute atomic E-state index is 11.2. The molecule has 1 atom stereocenters. The molecule has 1 radical (unpaired) electrons. The quantitative estimate of drug-likeness (QED) is 0.569. The van der Waals surface area contributed by atoms with Crippen molar-refractivity contribution in [2.75, 3.05) is 4.72 Å². The Hall–Kier alpha value is -1.84. The fourth-order valence-electron chi connectivity index (χ4n) is 1.85. The van der Waals surface area contributed by atoms with E-state index in [0.29, 0.717) is 5.69 Å². The summed E-state index contributed by atoms with van der Waals surface area (Å²) >= 11 is 1.59. The zero-order valence-corrected chi connectivity index (χ0v) is 12.4. The van der Waals surface area contributed by atoms with Gasteiger partial charge in [0.05, 0.1) is 20.2 Å². The minimum absolute atomic E-state index is 0.406. The van der Waals surface area contributed by atoms with Gasteiger partial charge >= 0.3 is 10.7 Å². The van der Waals surface area contributed by atoms with Crippen LogP contribution in [0.15, 0.2) is 48.5 Å². The van der Waals surface area contributed by atoms with Gasteiger partial charge in [0.25, 0.3) is 0 Å². The van der Waals surface area contributed by atoms with Gasteiger partial charge in [0.15, 0.2) is 0 Å². The van der Waals surface area contributed by atoms with Crippen molar-refractivity contribution < 1.29 is 18.9 Å². The standard InChI is InChI=1S/C13H12N3O3S2/c14-19-21(17,18)16-10-7-5-9(6-8-10)13-15-11-3-1-2-4-12(11)20-13/h1-8H,14H3,(H,16,17)/q+2. The number of fused-ring (bicyclic) bond motifs is 1. The molecule has 21 heavy (non-hydrogen) atoms. The first-order valence-electron chi connectivity index (χ1n) is 6.00. The van der Waals surface area contributed by atoms with Gasteiger partial charge in [-0.05, 0) is 36.4 Å². The van der Waals surface area contributed by atoms with E-state index in [1.807, 2.05) is 24.3 Å². The Bertz CT molecular complexity index is 784. The Morgan fingerprint density at radius 2 is 1.86 bits per heavy atom. The second-order valence-corrected chi connectivity index (χ2v) is 6.62. The smallest absolute Gasteiger partial charge is 0.236 e. The van der Waals surface area contributed by atoms with Crippen molar-refractivity contribution in [1.82, 2.24) is 4.98 Å². The lowest BCUT2D eigenvalue weighted by atomic mass is 10.2. The number of hydrogen-bond acceptors (Lipinski definition) is 4. The van der Waals surface area contributed by atoms with Gasteiger partial charge in [-0.25, -0.2) is 4.98 Å². The van der Waals surface area contributed by atoms with Crippen molar-refractivity contribution in [3.8, 4) is 10.6 Å². The number of anilines is 1. The Labute approximate surface area is 126 Å². The minimum Gasteiger partial charge on any atom is -0.236 e. The molecule has 8 heteroatoms. The van der Waals surface area contributed by atoms with Crippen LogP contribution in [0.25, 0.3) is 20.8 Å². The van der Waals surface area contributed by atoms with Gasteiger partial charge in [-0.15, -0.1) is 16.1 Å². The number of quaternary nitrogens is 1. The molecule has 4 N–H and O–H groups in total. The van der Waals surface area contributed by atoms with Crippen LogP contribution in [0.4, 0.5) is 5.69 Å². The highest BCUT2D eigenvalue weighted by atomic mass is 32.3. The second-order valence-electron chi connectivity index (χ2n) is 4.24. The molecule has 0 aliphatic carbocycles. The van der Waals surface area contributed by atoms with Crippen molar-refractivity contribution in [3.05, 3.63) is 48.5 Å². The zero-order chi connectivity index (χ0) is 14.9. The Kier molecular flexibility index (Phi) is 3.70. The average molecular weight is 322 g/mol. The average Bonchev–Trinajstić information content (AvgIpc) is 2.91. The summed E-state index contributed by atoms with van der Waals surface area (Å²) in [6.07, 6.45) is 0.